The SMILES string of the molecule is CC(=O)NC(=Cc1cccc([N+](=O)[O-])c1)C(=O)NCc1ccccc1. The van der Waals surface area contributed by atoms with Crippen LogP contribution in [0.1, 0.15) is 18.1 Å². The van der Waals surface area contributed by atoms with Gasteiger partial charge in [0.05, 0.1) is 4.92 Å². The molecule has 0 spiro atoms. The predicted octanol–water partition coefficient (Wildman–Crippen LogP) is 2.39. The van der Waals surface area contributed by atoms with Crippen LogP contribution in [0.3, 0.4) is 0 Å². The number of amides is 2. The van der Waals surface area contributed by atoms with E-state index in [0.717, 1.165) is 5.56 Å². The van der Waals surface area contributed by atoms with Gasteiger partial charge in [0.2, 0.25) is 5.91 Å². The topological polar surface area (TPSA) is 101 Å². The maximum atomic E-state index is 12.3. The van der Waals surface area contributed by atoms with Crippen LogP contribution in [0.4, 0.5) is 5.69 Å². The minimum absolute atomic E-state index is 0.0175. The van der Waals surface area contributed by atoms with Crippen LogP contribution < -0.4 is 10.6 Å². The number of nitrogens with one attached hydrogen (secondary N) is 2. The van der Waals surface area contributed by atoms with Crippen molar-refractivity contribution < 1.29 is 14.5 Å². The van der Waals surface area contributed by atoms with Crippen molar-refractivity contribution in [3.05, 3.63) is 81.5 Å². The lowest BCUT2D eigenvalue weighted by atomic mass is 10.1. The molecule has 0 radical (unpaired) electrons. The monoisotopic (exact) mass is 339 g/mol. The number of nitro benzene ring substituents is 1. The molecule has 0 aliphatic carbocycles. The van der Waals surface area contributed by atoms with Gasteiger partial charge in [0.25, 0.3) is 11.6 Å². The van der Waals surface area contributed by atoms with Gasteiger partial charge < -0.3 is 10.6 Å². The molecule has 25 heavy (non-hydrogen) atoms. The molecule has 7 heteroatoms. The molecule has 0 aliphatic rings. The van der Waals surface area contributed by atoms with Crippen molar-refractivity contribution in [2.75, 3.05) is 0 Å². The van der Waals surface area contributed by atoms with Gasteiger partial charge in [0.15, 0.2) is 0 Å². The van der Waals surface area contributed by atoms with Gasteiger partial charge in [-0.05, 0) is 17.2 Å². The quantitative estimate of drug-likeness (QED) is 0.479. The molecule has 0 unspecified atom stereocenters. The minimum Gasteiger partial charge on any atom is -0.347 e. The van der Waals surface area contributed by atoms with Crippen LogP contribution in [0.2, 0.25) is 0 Å². The number of hydrogen-bond acceptors (Lipinski definition) is 4. The van der Waals surface area contributed by atoms with Crippen molar-refractivity contribution in [1.29, 1.82) is 0 Å². The number of benzene rings is 2. The summed E-state index contributed by atoms with van der Waals surface area (Å²) < 4.78 is 0. The predicted molar refractivity (Wildman–Crippen MR) is 93.2 cm³/mol. The molecule has 0 bridgehead atoms. The molecule has 2 N–H and O–H groups in total. The summed E-state index contributed by atoms with van der Waals surface area (Å²) in [5.41, 5.74) is 1.27. The summed E-state index contributed by atoms with van der Waals surface area (Å²) in [7, 11) is 0. The van der Waals surface area contributed by atoms with Crippen molar-refractivity contribution in [2.24, 2.45) is 0 Å². The molecule has 2 rings (SSSR count). The second-order valence-electron chi connectivity index (χ2n) is 5.26. The molecule has 0 aliphatic heterocycles. The summed E-state index contributed by atoms with van der Waals surface area (Å²) in [6.45, 7) is 1.58. The highest BCUT2D eigenvalue weighted by molar-refractivity contribution is 6.00. The number of carbonyl (C=O) groups is 2. The van der Waals surface area contributed by atoms with Gasteiger partial charge in [-0.25, -0.2) is 0 Å². The zero-order valence-corrected chi connectivity index (χ0v) is 13.6. The van der Waals surface area contributed by atoms with E-state index in [4.69, 9.17) is 0 Å². The fraction of sp³-hybridized carbons (Fsp3) is 0.111. The highest BCUT2D eigenvalue weighted by Gasteiger charge is 2.12. The van der Waals surface area contributed by atoms with E-state index in [1.54, 1.807) is 6.07 Å². The summed E-state index contributed by atoms with van der Waals surface area (Å²) in [5.74, 6) is -0.892. The summed E-state index contributed by atoms with van der Waals surface area (Å²) in [6, 6.07) is 15.1. The van der Waals surface area contributed by atoms with Crippen LogP contribution in [0.25, 0.3) is 6.08 Å². The third kappa shape index (κ3) is 5.58. The van der Waals surface area contributed by atoms with Crippen molar-refractivity contribution in [3.63, 3.8) is 0 Å². The summed E-state index contributed by atoms with van der Waals surface area (Å²) in [6.07, 6.45) is 1.40. The first kappa shape index (κ1) is 17.9. The first-order valence-electron chi connectivity index (χ1n) is 7.51. The van der Waals surface area contributed by atoms with Crippen molar-refractivity contribution in [3.8, 4) is 0 Å². The lowest BCUT2D eigenvalue weighted by Crippen LogP contribution is -2.33. The number of non-ortho nitro benzene ring substituents is 1. The van der Waals surface area contributed by atoms with Gasteiger partial charge >= 0.3 is 0 Å². The highest BCUT2D eigenvalue weighted by atomic mass is 16.6. The van der Waals surface area contributed by atoms with E-state index in [2.05, 4.69) is 10.6 Å². The average molecular weight is 339 g/mol. The Hall–Kier alpha value is -3.48. The first-order valence-corrected chi connectivity index (χ1v) is 7.51. The van der Waals surface area contributed by atoms with Gasteiger partial charge in [0.1, 0.15) is 5.70 Å². The Balaban J connectivity index is 2.19. The molecule has 7 nitrogen and oxygen atoms in total. The van der Waals surface area contributed by atoms with E-state index in [-0.39, 0.29) is 11.4 Å². The molecule has 2 aromatic rings. The average Bonchev–Trinajstić information content (AvgIpc) is 2.60. The third-order valence-electron chi connectivity index (χ3n) is 3.24. The molecule has 0 fully saturated rings. The van der Waals surface area contributed by atoms with E-state index in [1.165, 1.54) is 31.2 Å². The Bertz CT molecular complexity index is 816. The third-order valence-corrected chi connectivity index (χ3v) is 3.24. The smallest absolute Gasteiger partial charge is 0.270 e. The van der Waals surface area contributed by atoms with Crippen LogP contribution in [-0.4, -0.2) is 16.7 Å². The molecule has 0 saturated carbocycles. The molecule has 0 heterocycles. The molecule has 128 valence electrons. The Morgan fingerprint density at radius 2 is 1.84 bits per heavy atom. The lowest BCUT2D eigenvalue weighted by Gasteiger charge is -2.10. The maximum Gasteiger partial charge on any atom is 0.270 e. The van der Waals surface area contributed by atoms with Crippen molar-refractivity contribution >= 4 is 23.6 Å². The normalized spacial score (nSPS) is 10.8. The van der Waals surface area contributed by atoms with E-state index in [9.17, 15) is 19.7 Å². The molecule has 2 aromatic carbocycles. The second kappa shape index (κ2) is 8.39. The standard InChI is InChI=1S/C18H17N3O4/c1-13(22)20-17(11-15-8-5-9-16(10-15)21(24)25)18(23)19-12-14-6-3-2-4-7-14/h2-11H,12H2,1H3,(H,19,23)(H,20,22). The zero-order chi connectivity index (χ0) is 18.2. The largest absolute Gasteiger partial charge is 0.347 e. The number of hydrogen-bond donors (Lipinski definition) is 2. The Kier molecular flexibility index (Phi) is 6.00. The molecule has 2 amide bonds. The van der Waals surface area contributed by atoms with Crippen LogP contribution >= 0.6 is 0 Å². The summed E-state index contributed by atoms with van der Waals surface area (Å²) in [5, 5.41) is 16.0. The summed E-state index contributed by atoms with van der Waals surface area (Å²) >= 11 is 0. The minimum atomic E-state index is -0.523. The van der Waals surface area contributed by atoms with Crippen LogP contribution in [-0.2, 0) is 16.1 Å². The van der Waals surface area contributed by atoms with Crippen LogP contribution in [0.15, 0.2) is 60.3 Å². The van der Waals surface area contributed by atoms with Crippen LogP contribution in [0, 0.1) is 10.1 Å². The molecular formula is C18H17N3O4. The summed E-state index contributed by atoms with van der Waals surface area (Å²) in [4.78, 5) is 34.0. The van der Waals surface area contributed by atoms with E-state index >= 15 is 0 Å². The molecular weight excluding hydrogens is 322 g/mol. The first-order chi connectivity index (χ1) is 12.0. The number of nitro groups is 1. The van der Waals surface area contributed by atoms with Gasteiger partial charge in [0, 0.05) is 25.6 Å². The number of rotatable bonds is 6. The fourth-order valence-electron chi connectivity index (χ4n) is 2.12. The lowest BCUT2D eigenvalue weighted by molar-refractivity contribution is -0.384. The Labute approximate surface area is 144 Å². The highest BCUT2D eigenvalue weighted by Crippen LogP contribution is 2.15. The molecule has 0 saturated heterocycles. The molecule has 0 aromatic heterocycles. The fourth-order valence-corrected chi connectivity index (χ4v) is 2.12. The van der Waals surface area contributed by atoms with Gasteiger partial charge in [-0.3, -0.25) is 19.7 Å². The second-order valence-corrected chi connectivity index (χ2v) is 5.26. The Morgan fingerprint density at radius 1 is 1.12 bits per heavy atom. The van der Waals surface area contributed by atoms with Crippen molar-refractivity contribution in [1.82, 2.24) is 10.6 Å². The molecule has 0 atom stereocenters. The van der Waals surface area contributed by atoms with E-state index in [1.807, 2.05) is 30.3 Å². The van der Waals surface area contributed by atoms with E-state index in [0.29, 0.717) is 12.1 Å². The maximum absolute atomic E-state index is 12.3. The van der Waals surface area contributed by atoms with Crippen molar-refractivity contribution in [2.45, 2.75) is 13.5 Å². The zero-order valence-electron chi connectivity index (χ0n) is 13.6. The van der Waals surface area contributed by atoms with Gasteiger partial charge in [-0.1, -0.05) is 42.5 Å². The number of nitrogens with zero attached hydrogens (tertiary/aromatic N) is 1. The Morgan fingerprint density at radius 3 is 2.48 bits per heavy atom. The van der Waals surface area contributed by atoms with Crippen LogP contribution in [0.5, 0.6) is 0 Å². The van der Waals surface area contributed by atoms with Gasteiger partial charge in [-0.15, -0.1) is 0 Å². The number of carbonyl (C=O) groups excluding carboxylic acids is 2. The van der Waals surface area contributed by atoms with E-state index < -0.39 is 16.7 Å². The van der Waals surface area contributed by atoms with Gasteiger partial charge in [-0.2, -0.15) is 0 Å².